The normalized spacial score (nSPS) is 10.7. The van der Waals surface area contributed by atoms with Crippen molar-refractivity contribution in [3.05, 3.63) is 74.9 Å². The highest BCUT2D eigenvalue weighted by atomic mass is 35.5. The van der Waals surface area contributed by atoms with Crippen molar-refractivity contribution >= 4 is 40.6 Å². The summed E-state index contributed by atoms with van der Waals surface area (Å²) in [4.78, 5) is 31.0. The van der Waals surface area contributed by atoms with Gasteiger partial charge >= 0.3 is 6.03 Å². The summed E-state index contributed by atoms with van der Waals surface area (Å²) < 4.78 is 15.9. The molecule has 3 amide bonds. The van der Waals surface area contributed by atoms with Crippen molar-refractivity contribution in [1.82, 2.24) is 9.80 Å². The average molecular weight is 560 g/mol. The molecule has 0 aliphatic rings. The molecule has 0 aliphatic carbocycles. The van der Waals surface area contributed by atoms with Gasteiger partial charge in [-0.3, -0.25) is 4.79 Å². The van der Waals surface area contributed by atoms with Gasteiger partial charge < -0.3 is 29.3 Å². The largest absolute Gasteiger partial charge is 0.493 e. The molecule has 3 aromatic rings. The summed E-state index contributed by atoms with van der Waals surface area (Å²) >= 11 is 7.80. The minimum Gasteiger partial charge on any atom is -0.493 e. The number of benzene rings is 2. The lowest BCUT2D eigenvalue weighted by Crippen LogP contribution is -2.46. The molecule has 1 aromatic heterocycles. The number of aryl methyl sites for hydroxylation is 1. The number of hydrogen-bond acceptors (Lipinski definition) is 6. The van der Waals surface area contributed by atoms with E-state index in [1.54, 1.807) is 49.7 Å². The monoisotopic (exact) mass is 559 g/mol. The molecular formula is C28H34ClN3O5S. The first-order valence-corrected chi connectivity index (χ1v) is 13.4. The number of hydrogen-bond donors (Lipinski definition) is 1. The number of anilines is 1. The Bertz CT molecular complexity index is 1210. The highest BCUT2D eigenvalue weighted by Crippen LogP contribution is 2.28. The SMILES string of the molecule is COCCN(CC(=O)N(CCc1ccc(OC)c(OC)c1)Cc1cccs1)C(=O)Nc1ccc(C)c(Cl)c1. The van der Waals surface area contributed by atoms with E-state index in [0.717, 1.165) is 16.0 Å². The predicted molar refractivity (Wildman–Crippen MR) is 152 cm³/mol. The van der Waals surface area contributed by atoms with E-state index in [0.29, 0.717) is 48.3 Å². The van der Waals surface area contributed by atoms with Crippen molar-refractivity contribution in [2.75, 3.05) is 52.9 Å². The second-order valence-electron chi connectivity index (χ2n) is 8.64. The van der Waals surface area contributed by atoms with Gasteiger partial charge in [-0.2, -0.15) is 0 Å². The summed E-state index contributed by atoms with van der Waals surface area (Å²) in [5.41, 5.74) is 2.48. The molecule has 204 valence electrons. The Hall–Kier alpha value is -3.27. The number of halogens is 1. The maximum atomic E-state index is 13.5. The zero-order chi connectivity index (χ0) is 27.5. The van der Waals surface area contributed by atoms with Crippen molar-refractivity contribution in [3.8, 4) is 11.5 Å². The highest BCUT2D eigenvalue weighted by Gasteiger charge is 2.22. The van der Waals surface area contributed by atoms with Crippen molar-refractivity contribution < 1.29 is 23.8 Å². The predicted octanol–water partition coefficient (Wildman–Crippen LogP) is 5.48. The Morgan fingerprint density at radius 3 is 2.42 bits per heavy atom. The van der Waals surface area contributed by atoms with Crippen LogP contribution in [0, 0.1) is 6.92 Å². The summed E-state index contributed by atoms with van der Waals surface area (Å²) in [6, 6.07) is 14.6. The number of carbonyl (C=O) groups is 2. The summed E-state index contributed by atoms with van der Waals surface area (Å²) in [5, 5.41) is 5.38. The zero-order valence-corrected chi connectivity index (χ0v) is 23.7. The molecule has 0 spiro atoms. The summed E-state index contributed by atoms with van der Waals surface area (Å²) in [5.74, 6) is 1.13. The lowest BCUT2D eigenvalue weighted by Gasteiger charge is -2.28. The molecule has 1 N–H and O–H groups in total. The van der Waals surface area contributed by atoms with E-state index in [1.165, 1.54) is 4.90 Å². The molecular weight excluding hydrogens is 526 g/mol. The first kappa shape index (κ1) is 29.3. The fourth-order valence-corrected chi connectivity index (χ4v) is 4.67. The van der Waals surface area contributed by atoms with Crippen LogP contribution in [0.5, 0.6) is 11.5 Å². The van der Waals surface area contributed by atoms with Gasteiger partial charge in [0.05, 0.1) is 27.4 Å². The fourth-order valence-electron chi connectivity index (χ4n) is 3.77. The van der Waals surface area contributed by atoms with E-state index >= 15 is 0 Å². The molecule has 0 unspecified atom stereocenters. The minimum atomic E-state index is -0.397. The van der Waals surface area contributed by atoms with E-state index in [4.69, 9.17) is 25.8 Å². The maximum absolute atomic E-state index is 13.5. The van der Waals surface area contributed by atoms with Crippen LogP contribution in [0.4, 0.5) is 10.5 Å². The van der Waals surface area contributed by atoms with Crippen molar-refractivity contribution in [1.29, 1.82) is 0 Å². The summed E-state index contributed by atoms with van der Waals surface area (Å²) in [7, 11) is 4.75. The number of amides is 3. The van der Waals surface area contributed by atoms with Gasteiger partial charge in [-0.25, -0.2) is 4.79 Å². The molecule has 10 heteroatoms. The van der Waals surface area contributed by atoms with E-state index < -0.39 is 6.03 Å². The third-order valence-electron chi connectivity index (χ3n) is 6.00. The van der Waals surface area contributed by atoms with Gasteiger partial charge in [0.15, 0.2) is 11.5 Å². The number of ether oxygens (including phenoxy) is 3. The zero-order valence-electron chi connectivity index (χ0n) is 22.2. The van der Waals surface area contributed by atoms with Crippen LogP contribution < -0.4 is 14.8 Å². The third kappa shape index (κ3) is 8.37. The molecule has 0 fully saturated rings. The van der Waals surface area contributed by atoms with Crippen LogP contribution in [0.2, 0.25) is 5.02 Å². The van der Waals surface area contributed by atoms with Gasteiger partial charge in [0.25, 0.3) is 0 Å². The van der Waals surface area contributed by atoms with E-state index in [2.05, 4.69) is 5.32 Å². The Morgan fingerprint density at radius 1 is 0.974 bits per heavy atom. The number of urea groups is 1. The van der Waals surface area contributed by atoms with Crippen molar-refractivity contribution in [3.63, 3.8) is 0 Å². The van der Waals surface area contributed by atoms with Crippen LogP contribution >= 0.6 is 22.9 Å². The minimum absolute atomic E-state index is 0.0912. The number of methoxy groups -OCH3 is 3. The third-order valence-corrected chi connectivity index (χ3v) is 7.27. The molecule has 0 bridgehead atoms. The van der Waals surface area contributed by atoms with Crippen LogP contribution in [0.3, 0.4) is 0 Å². The van der Waals surface area contributed by atoms with E-state index in [1.807, 2.05) is 48.7 Å². The Kier molecular flexibility index (Phi) is 11.3. The molecule has 8 nitrogen and oxygen atoms in total. The summed E-state index contributed by atoms with van der Waals surface area (Å²) in [6.45, 7) is 3.28. The Balaban J connectivity index is 1.74. The van der Waals surface area contributed by atoms with Gasteiger partial charge in [0.1, 0.15) is 6.54 Å². The number of carbonyl (C=O) groups excluding carboxylic acids is 2. The lowest BCUT2D eigenvalue weighted by molar-refractivity contribution is -0.132. The molecule has 3 rings (SSSR count). The molecule has 0 radical (unpaired) electrons. The van der Waals surface area contributed by atoms with Crippen molar-refractivity contribution in [2.24, 2.45) is 0 Å². The second-order valence-corrected chi connectivity index (χ2v) is 10.1. The van der Waals surface area contributed by atoms with Crippen LogP contribution in [0.25, 0.3) is 0 Å². The van der Waals surface area contributed by atoms with Gasteiger partial charge in [-0.1, -0.05) is 29.8 Å². The van der Waals surface area contributed by atoms with Gasteiger partial charge in [-0.05, 0) is 60.2 Å². The molecule has 38 heavy (non-hydrogen) atoms. The molecule has 0 atom stereocenters. The Morgan fingerprint density at radius 2 is 1.76 bits per heavy atom. The smallest absolute Gasteiger partial charge is 0.322 e. The number of nitrogens with zero attached hydrogens (tertiary/aromatic N) is 2. The topological polar surface area (TPSA) is 80.3 Å². The molecule has 1 heterocycles. The van der Waals surface area contributed by atoms with E-state index in [9.17, 15) is 9.59 Å². The first-order valence-electron chi connectivity index (χ1n) is 12.2. The second kappa shape index (κ2) is 14.6. The highest BCUT2D eigenvalue weighted by molar-refractivity contribution is 7.09. The maximum Gasteiger partial charge on any atom is 0.322 e. The number of rotatable bonds is 13. The lowest BCUT2D eigenvalue weighted by atomic mass is 10.1. The summed E-state index contributed by atoms with van der Waals surface area (Å²) in [6.07, 6.45) is 0.615. The standard InChI is InChI=1S/C28H34ClN3O5S/c1-20-7-9-22(17-24(20)29)30-28(34)32(13-14-35-2)19-27(33)31(18-23-6-5-15-38-23)12-11-21-8-10-25(36-3)26(16-21)37-4/h5-10,15-17H,11-14,18-19H2,1-4H3,(H,30,34). The van der Waals surface area contributed by atoms with Gasteiger partial charge in [0.2, 0.25) is 5.91 Å². The van der Waals surface area contributed by atoms with Crippen LogP contribution in [0.15, 0.2) is 53.9 Å². The number of nitrogens with one attached hydrogen (secondary N) is 1. The quantitative estimate of drug-likeness (QED) is 0.300. The van der Waals surface area contributed by atoms with Gasteiger partial charge in [0, 0.05) is 35.8 Å². The van der Waals surface area contributed by atoms with Crippen LogP contribution in [-0.2, 0) is 22.5 Å². The van der Waals surface area contributed by atoms with Crippen LogP contribution in [-0.4, -0.2) is 69.3 Å². The van der Waals surface area contributed by atoms with E-state index in [-0.39, 0.29) is 19.0 Å². The average Bonchev–Trinajstić information content (AvgIpc) is 3.43. The van der Waals surface area contributed by atoms with Crippen LogP contribution in [0.1, 0.15) is 16.0 Å². The molecule has 0 saturated heterocycles. The molecule has 0 aliphatic heterocycles. The number of thiophene rings is 1. The fraction of sp³-hybridized carbons (Fsp3) is 0.357. The molecule has 0 saturated carbocycles. The van der Waals surface area contributed by atoms with Crippen molar-refractivity contribution in [2.45, 2.75) is 19.9 Å². The molecule has 2 aromatic carbocycles. The first-order chi connectivity index (χ1) is 18.3. The Labute approximate surface area is 233 Å². The van der Waals surface area contributed by atoms with Gasteiger partial charge in [-0.15, -0.1) is 11.3 Å².